The lowest BCUT2D eigenvalue weighted by molar-refractivity contribution is 0.486. The lowest BCUT2D eigenvalue weighted by Crippen LogP contribution is -2.09. The van der Waals surface area contributed by atoms with E-state index < -0.39 is 10.1 Å². The topological polar surface area (TPSA) is 80.0 Å². The zero-order valence-corrected chi connectivity index (χ0v) is 16.4. The van der Waals surface area contributed by atoms with Crippen LogP contribution >= 0.6 is 23.3 Å². The molecule has 0 spiro atoms. The van der Waals surface area contributed by atoms with E-state index >= 15 is 0 Å². The number of nitrogens with zero attached hydrogens (tertiary/aromatic N) is 2. The average Bonchev–Trinajstić information content (AvgIpc) is 3.05. The Morgan fingerprint density at radius 1 is 1.12 bits per heavy atom. The first kappa shape index (κ1) is 18.5. The Morgan fingerprint density at radius 3 is 2.35 bits per heavy atom. The van der Waals surface area contributed by atoms with Crippen molar-refractivity contribution in [3.63, 3.8) is 0 Å². The molecular weight excluding hydrogens is 388 g/mol. The summed E-state index contributed by atoms with van der Waals surface area (Å²) in [6.07, 6.45) is 1.87. The molecule has 1 aromatic heterocycles. The molecular formula is C18H14N2O3S3. The van der Waals surface area contributed by atoms with Gasteiger partial charge in [-0.2, -0.15) is 18.1 Å². The molecule has 0 N–H and O–H groups in total. The lowest BCUT2D eigenvalue weighted by atomic mass is 10.1. The predicted molar refractivity (Wildman–Crippen MR) is 103 cm³/mol. The van der Waals surface area contributed by atoms with Gasteiger partial charge in [0.1, 0.15) is 27.3 Å². The third-order valence-electron chi connectivity index (χ3n) is 3.60. The van der Waals surface area contributed by atoms with E-state index in [0.29, 0.717) is 10.6 Å². The Morgan fingerprint density at radius 2 is 1.77 bits per heavy atom. The molecule has 0 radical (unpaired) electrons. The van der Waals surface area contributed by atoms with Crippen molar-refractivity contribution in [2.75, 3.05) is 6.26 Å². The minimum Gasteiger partial charge on any atom is -0.379 e. The van der Waals surface area contributed by atoms with E-state index in [2.05, 4.69) is 10.4 Å². The van der Waals surface area contributed by atoms with Gasteiger partial charge in [0.15, 0.2) is 0 Å². The molecule has 132 valence electrons. The van der Waals surface area contributed by atoms with Gasteiger partial charge in [-0.15, -0.1) is 11.8 Å². The number of hydrogen-bond donors (Lipinski definition) is 0. The van der Waals surface area contributed by atoms with Gasteiger partial charge in [-0.05, 0) is 66.7 Å². The highest BCUT2D eigenvalue weighted by Crippen LogP contribution is 2.34. The van der Waals surface area contributed by atoms with E-state index in [0.717, 1.165) is 16.0 Å². The van der Waals surface area contributed by atoms with Crippen LogP contribution in [0.1, 0.15) is 11.1 Å². The molecule has 2 aromatic carbocycles. The summed E-state index contributed by atoms with van der Waals surface area (Å²) in [7, 11) is -3.89. The van der Waals surface area contributed by atoms with Crippen LogP contribution in [0.5, 0.6) is 5.75 Å². The molecule has 0 saturated carbocycles. The first-order valence-corrected chi connectivity index (χ1v) is 10.9. The van der Waals surface area contributed by atoms with Crippen molar-refractivity contribution >= 4 is 33.4 Å². The molecule has 3 rings (SSSR count). The summed E-state index contributed by atoms with van der Waals surface area (Å²) in [6, 6.07) is 15.2. The zero-order valence-electron chi connectivity index (χ0n) is 14.0. The van der Waals surface area contributed by atoms with E-state index in [-0.39, 0.29) is 10.6 Å². The number of hydrogen-bond acceptors (Lipinski definition) is 7. The van der Waals surface area contributed by atoms with Crippen molar-refractivity contribution in [3.8, 4) is 22.3 Å². The van der Waals surface area contributed by atoms with Crippen LogP contribution < -0.4 is 4.18 Å². The number of thioether (sulfide) groups is 1. The van der Waals surface area contributed by atoms with Crippen LogP contribution in [0, 0.1) is 18.3 Å². The van der Waals surface area contributed by atoms with Gasteiger partial charge in [0.25, 0.3) is 0 Å². The molecule has 0 fully saturated rings. The van der Waals surface area contributed by atoms with E-state index in [4.69, 9.17) is 4.18 Å². The summed E-state index contributed by atoms with van der Waals surface area (Å²) in [6.45, 7) is 1.88. The molecule has 3 aromatic rings. The summed E-state index contributed by atoms with van der Waals surface area (Å²) in [5, 5.41) is 10.0. The maximum atomic E-state index is 12.3. The average molecular weight is 403 g/mol. The summed E-state index contributed by atoms with van der Waals surface area (Å²) in [5.74, 6) is 0.211. The fourth-order valence-electron chi connectivity index (χ4n) is 2.25. The van der Waals surface area contributed by atoms with Crippen LogP contribution in [-0.4, -0.2) is 19.0 Å². The quantitative estimate of drug-likeness (QED) is 0.462. The van der Waals surface area contributed by atoms with E-state index in [1.807, 2.05) is 13.2 Å². The molecule has 0 aliphatic carbocycles. The summed E-state index contributed by atoms with van der Waals surface area (Å²) in [5.41, 5.74) is 2.29. The minimum absolute atomic E-state index is 0.103. The molecule has 0 amide bonds. The van der Waals surface area contributed by atoms with Gasteiger partial charge >= 0.3 is 10.1 Å². The van der Waals surface area contributed by atoms with Crippen molar-refractivity contribution in [1.82, 2.24) is 4.37 Å². The van der Waals surface area contributed by atoms with Crippen LogP contribution in [0.2, 0.25) is 0 Å². The predicted octanol–water partition coefficient (Wildman–Crippen LogP) is 4.48. The third-order valence-corrected chi connectivity index (χ3v) is 6.55. The highest BCUT2D eigenvalue weighted by Gasteiger charge is 2.18. The van der Waals surface area contributed by atoms with Gasteiger partial charge in [-0.3, -0.25) is 0 Å². The number of aromatic nitrogens is 1. The molecule has 0 unspecified atom stereocenters. The number of rotatable bonds is 5. The molecule has 0 aliphatic rings. The molecule has 0 atom stereocenters. The fourth-order valence-corrected chi connectivity index (χ4v) is 4.75. The van der Waals surface area contributed by atoms with Crippen molar-refractivity contribution < 1.29 is 12.6 Å². The van der Waals surface area contributed by atoms with Crippen LogP contribution in [-0.2, 0) is 10.1 Å². The van der Waals surface area contributed by atoms with E-state index in [1.165, 1.54) is 35.4 Å². The standard InChI is InChI=1S/C18H14N2O3S3/c1-12-3-9-15(10-4-12)26(21,22)23-14-7-5-13(6-8-14)17-16(11-19)18(24-2)20-25-17/h3-10H,1-2H3. The summed E-state index contributed by atoms with van der Waals surface area (Å²) < 4.78 is 34.1. The Balaban J connectivity index is 1.85. The van der Waals surface area contributed by atoms with Crippen LogP contribution in [0.3, 0.4) is 0 Å². The van der Waals surface area contributed by atoms with Gasteiger partial charge in [0.2, 0.25) is 0 Å². The van der Waals surface area contributed by atoms with Gasteiger partial charge in [0, 0.05) is 0 Å². The number of aryl methyl sites for hydroxylation is 1. The first-order chi connectivity index (χ1) is 12.4. The second-order valence-corrected chi connectivity index (χ2v) is 8.50. The van der Waals surface area contributed by atoms with Crippen LogP contribution in [0.15, 0.2) is 58.5 Å². The smallest absolute Gasteiger partial charge is 0.339 e. The molecule has 5 nitrogen and oxygen atoms in total. The normalized spacial score (nSPS) is 11.1. The van der Waals surface area contributed by atoms with Crippen molar-refractivity contribution in [2.45, 2.75) is 16.8 Å². The minimum atomic E-state index is -3.89. The second kappa shape index (κ2) is 7.50. The Bertz CT molecular complexity index is 1060. The molecule has 0 saturated heterocycles. The van der Waals surface area contributed by atoms with Crippen molar-refractivity contribution in [3.05, 3.63) is 59.7 Å². The molecule has 0 bridgehead atoms. The van der Waals surface area contributed by atoms with Gasteiger partial charge in [-0.25, -0.2) is 0 Å². The third kappa shape index (κ3) is 3.75. The molecule has 26 heavy (non-hydrogen) atoms. The summed E-state index contributed by atoms with van der Waals surface area (Å²) >= 11 is 2.66. The SMILES string of the molecule is CSc1nsc(-c2ccc(OS(=O)(=O)c3ccc(C)cc3)cc2)c1C#N. The number of nitriles is 1. The fraction of sp³-hybridized carbons (Fsp3) is 0.111. The van der Waals surface area contributed by atoms with Gasteiger partial charge in [-0.1, -0.05) is 17.7 Å². The molecule has 1 heterocycles. The Labute approximate surface area is 160 Å². The Kier molecular flexibility index (Phi) is 5.32. The van der Waals surface area contributed by atoms with Crippen molar-refractivity contribution in [1.29, 1.82) is 5.26 Å². The van der Waals surface area contributed by atoms with Crippen molar-refractivity contribution in [2.24, 2.45) is 0 Å². The van der Waals surface area contributed by atoms with Gasteiger partial charge < -0.3 is 4.18 Å². The first-order valence-electron chi connectivity index (χ1n) is 7.50. The highest BCUT2D eigenvalue weighted by molar-refractivity contribution is 7.98. The van der Waals surface area contributed by atoms with E-state index in [1.54, 1.807) is 36.4 Å². The largest absolute Gasteiger partial charge is 0.379 e. The second-order valence-electron chi connectivity index (χ2n) is 5.38. The van der Waals surface area contributed by atoms with Gasteiger partial charge in [0.05, 0.1) is 4.88 Å². The van der Waals surface area contributed by atoms with Crippen LogP contribution in [0.4, 0.5) is 0 Å². The highest BCUT2D eigenvalue weighted by atomic mass is 32.2. The van der Waals surface area contributed by atoms with E-state index in [9.17, 15) is 13.7 Å². The molecule has 0 aliphatic heterocycles. The maximum absolute atomic E-state index is 12.3. The number of benzene rings is 2. The summed E-state index contributed by atoms with van der Waals surface area (Å²) in [4.78, 5) is 0.857. The van der Waals surface area contributed by atoms with Crippen LogP contribution in [0.25, 0.3) is 10.4 Å². The monoisotopic (exact) mass is 402 g/mol. The zero-order chi connectivity index (χ0) is 18.7. The Hall–Kier alpha value is -2.34. The maximum Gasteiger partial charge on any atom is 0.339 e. The lowest BCUT2D eigenvalue weighted by Gasteiger charge is -2.08. The molecule has 8 heteroatoms.